The second kappa shape index (κ2) is 9.79. The molecule has 6 nitrogen and oxygen atoms in total. The van der Waals surface area contributed by atoms with Crippen molar-refractivity contribution in [3.63, 3.8) is 0 Å². The van der Waals surface area contributed by atoms with Gasteiger partial charge in [-0.25, -0.2) is 0 Å². The molecule has 118 valence electrons. The van der Waals surface area contributed by atoms with Gasteiger partial charge in [0, 0.05) is 24.6 Å². The van der Waals surface area contributed by atoms with Gasteiger partial charge in [-0.05, 0) is 37.1 Å². The van der Waals surface area contributed by atoms with Crippen LogP contribution < -0.4 is 15.4 Å². The van der Waals surface area contributed by atoms with Gasteiger partial charge in [0.2, 0.25) is 5.96 Å². The summed E-state index contributed by atoms with van der Waals surface area (Å²) in [5.41, 5.74) is 0.828. The van der Waals surface area contributed by atoms with Crippen molar-refractivity contribution in [3.8, 4) is 11.9 Å². The molecule has 0 radical (unpaired) electrons. The van der Waals surface area contributed by atoms with Gasteiger partial charge in [-0.2, -0.15) is 5.26 Å². The van der Waals surface area contributed by atoms with Crippen molar-refractivity contribution in [2.45, 2.75) is 12.8 Å². The number of nitriles is 1. The first-order chi connectivity index (χ1) is 11.4. The molecule has 6 heteroatoms. The number of nitrogens with one attached hydrogen (secondary N) is 2. The van der Waals surface area contributed by atoms with E-state index in [2.05, 4.69) is 20.6 Å². The minimum Gasteiger partial charge on any atom is -0.494 e. The van der Waals surface area contributed by atoms with E-state index in [-0.39, 0.29) is 0 Å². The number of unbranched alkanes of at least 4 members (excludes halogenated alkanes) is 1. The Kier molecular flexibility index (Phi) is 6.94. The number of para-hydroxylation sites is 1. The molecule has 0 bridgehead atoms. The van der Waals surface area contributed by atoms with Crippen LogP contribution in [0.4, 0.5) is 5.69 Å². The highest BCUT2D eigenvalue weighted by Gasteiger charge is 1.98. The van der Waals surface area contributed by atoms with Crippen molar-refractivity contribution in [1.29, 1.82) is 5.26 Å². The number of nitrogens with zero attached hydrogens (tertiary/aromatic N) is 3. The standard InChI is InChI=1S/C17H19N5O/c18-14-21-17(22-15-8-11-19-12-9-15)20-10-4-5-13-23-16-6-2-1-3-7-16/h1-3,6-9,11-12H,4-5,10,13H2,(H2,19,20,21,22). The van der Waals surface area contributed by atoms with Crippen molar-refractivity contribution in [3.05, 3.63) is 54.9 Å². The van der Waals surface area contributed by atoms with Crippen molar-refractivity contribution in [2.75, 3.05) is 18.5 Å². The third kappa shape index (κ3) is 6.48. The second-order valence-electron chi connectivity index (χ2n) is 4.70. The Morgan fingerprint density at radius 1 is 1.13 bits per heavy atom. The SMILES string of the molecule is N#CNC(=NCCCCOc1ccccc1)Nc1ccncc1. The van der Waals surface area contributed by atoms with Gasteiger partial charge in [-0.1, -0.05) is 18.2 Å². The maximum atomic E-state index is 8.77. The zero-order chi connectivity index (χ0) is 16.2. The first-order valence-corrected chi connectivity index (χ1v) is 7.43. The van der Waals surface area contributed by atoms with Gasteiger partial charge in [0.1, 0.15) is 5.75 Å². The van der Waals surface area contributed by atoms with Crippen molar-refractivity contribution in [1.82, 2.24) is 10.3 Å². The Labute approximate surface area is 135 Å². The third-order valence-corrected chi connectivity index (χ3v) is 2.95. The lowest BCUT2D eigenvalue weighted by atomic mass is 10.3. The molecule has 2 rings (SSSR count). The topological polar surface area (TPSA) is 82.3 Å². The van der Waals surface area contributed by atoms with E-state index in [1.165, 1.54) is 0 Å². The molecule has 0 amide bonds. The average molecular weight is 309 g/mol. The summed E-state index contributed by atoms with van der Waals surface area (Å²) in [6.45, 7) is 1.26. The van der Waals surface area contributed by atoms with Gasteiger partial charge < -0.3 is 10.1 Å². The first-order valence-electron chi connectivity index (χ1n) is 7.43. The Balaban J connectivity index is 1.70. The van der Waals surface area contributed by atoms with Gasteiger partial charge in [-0.15, -0.1) is 0 Å². The summed E-state index contributed by atoms with van der Waals surface area (Å²) in [5, 5.41) is 14.3. The van der Waals surface area contributed by atoms with Gasteiger partial charge in [0.05, 0.1) is 6.61 Å². The summed E-state index contributed by atoms with van der Waals surface area (Å²) in [6, 6.07) is 13.3. The number of hydrogen-bond acceptors (Lipinski definition) is 4. The second-order valence-corrected chi connectivity index (χ2v) is 4.70. The molecule has 1 aromatic carbocycles. The number of anilines is 1. The molecule has 0 unspecified atom stereocenters. The number of pyridine rings is 1. The number of hydrogen-bond donors (Lipinski definition) is 2. The zero-order valence-electron chi connectivity index (χ0n) is 12.8. The lowest BCUT2D eigenvalue weighted by molar-refractivity contribution is 0.308. The number of rotatable bonds is 7. The van der Waals surface area contributed by atoms with E-state index in [9.17, 15) is 0 Å². The van der Waals surface area contributed by atoms with Crippen molar-refractivity contribution < 1.29 is 4.74 Å². The van der Waals surface area contributed by atoms with E-state index in [1.54, 1.807) is 12.4 Å². The first kappa shape index (κ1) is 16.3. The van der Waals surface area contributed by atoms with Gasteiger partial charge >= 0.3 is 0 Å². The minimum absolute atomic E-state index is 0.433. The molecular formula is C17H19N5O. The smallest absolute Gasteiger partial charge is 0.209 e. The number of guanidine groups is 1. The molecule has 0 spiro atoms. The van der Waals surface area contributed by atoms with Crippen LogP contribution in [0, 0.1) is 11.5 Å². The molecule has 1 aromatic heterocycles. The largest absolute Gasteiger partial charge is 0.494 e. The molecule has 0 aliphatic carbocycles. The summed E-state index contributed by atoms with van der Waals surface area (Å²) in [6.07, 6.45) is 7.00. The maximum absolute atomic E-state index is 8.77. The molecule has 0 atom stereocenters. The van der Waals surface area contributed by atoms with E-state index in [1.807, 2.05) is 48.7 Å². The highest BCUT2D eigenvalue weighted by molar-refractivity contribution is 5.94. The fourth-order valence-electron chi connectivity index (χ4n) is 1.85. The highest BCUT2D eigenvalue weighted by Crippen LogP contribution is 2.08. The lowest BCUT2D eigenvalue weighted by Crippen LogP contribution is -2.27. The number of benzene rings is 1. The Hall–Kier alpha value is -3.07. The predicted molar refractivity (Wildman–Crippen MR) is 90.1 cm³/mol. The fraction of sp³-hybridized carbons (Fsp3) is 0.235. The normalized spacial score (nSPS) is 10.7. The molecule has 0 aliphatic rings. The molecule has 0 fully saturated rings. The van der Waals surface area contributed by atoms with Crippen LogP contribution in [0.2, 0.25) is 0 Å². The van der Waals surface area contributed by atoms with Crippen molar-refractivity contribution >= 4 is 11.6 Å². The summed E-state index contributed by atoms with van der Waals surface area (Å²) in [5.74, 6) is 1.31. The average Bonchev–Trinajstić information content (AvgIpc) is 2.60. The van der Waals surface area contributed by atoms with E-state index in [0.29, 0.717) is 19.1 Å². The van der Waals surface area contributed by atoms with Crippen molar-refractivity contribution in [2.24, 2.45) is 4.99 Å². The van der Waals surface area contributed by atoms with Crippen LogP contribution in [-0.2, 0) is 0 Å². The monoisotopic (exact) mass is 309 g/mol. The zero-order valence-corrected chi connectivity index (χ0v) is 12.8. The Bertz CT molecular complexity index is 637. The summed E-state index contributed by atoms with van der Waals surface area (Å²) in [7, 11) is 0. The molecule has 2 N–H and O–H groups in total. The minimum atomic E-state index is 0.433. The fourth-order valence-corrected chi connectivity index (χ4v) is 1.85. The third-order valence-electron chi connectivity index (χ3n) is 2.95. The molecule has 2 aromatic rings. The van der Waals surface area contributed by atoms with Crippen LogP contribution in [-0.4, -0.2) is 24.1 Å². The predicted octanol–water partition coefficient (Wildman–Crippen LogP) is 2.78. The van der Waals surface area contributed by atoms with Gasteiger partial charge in [-0.3, -0.25) is 15.3 Å². The lowest BCUT2D eigenvalue weighted by Gasteiger charge is -2.08. The molecule has 0 aliphatic heterocycles. The van der Waals surface area contributed by atoms with E-state index in [0.717, 1.165) is 24.3 Å². The van der Waals surface area contributed by atoms with Crippen LogP contribution in [0.3, 0.4) is 0 Å². The summed E-state index contributed by atoms with van der Waals surface area (Å²) in [4.78, 5) is 8.29. The quantitative estimate of drug-likeness (QED) is 0.270. The summed E-state index contributed by atoms with van der Waals surface area (Å²) < 4.78 is 5.62. The molecule has 1 heterocycles. The molecule has 23 heavy (non-hydrogen) atoms. The van der Waals surface area contributed by atoms with E-state index in [4.69, 9.17) is 10.00 Å². The van der Waals surface area contributed by atoms with Crippen LogP contribution in [0.15, 0.2) is 59.9 Å². The van der Waals surface area contributed by atoms with Gasteiger partial charge in [0.15, 0.2) is 6.19 Å². The van der Waals surface area contributed by atoms with E-state index >= 15 is 0 Å². The molecule has 0 saturated heterocycles. The van der Waals surface area contributed by atoms with Crippen LogP contribution in [0.25, 0.3) is 0 Å². The number of aliphatic imine (C=N–C) groups is 1. The Morgan fingerprint density at radius 3 is 2.65 bits per heavy atom. The van der Waals surface area contributed by atoms with Gasteiger partial charge in [0.25, 0.3) is 0 Å². The highest BCUT2D eigenvalue weighted by atomic mass is 16.5. The van der Waals surface area contributed by atoms with Crippen LogP contribution in [0.5, 0.6) is 5.75 Å². The van der Waals surface area contributed by atoms with E-state index < -0.39 is 0 Å². The number of aromatic nitrogens is 1. The maximum Gasteiger partial charge on any atom is 0.209 e. The molecule has 0 saturated carbocycles. The Morgan fingerprint density at radius 2 is 1.91 bits per heavy atom. The summed E-state index contributed by atoms with van der Waals surface area (Å²) >= 11 is 0. The number of ether oxygens (including phenoxy) is 1. The van der Waals surface area contributed by atoms with Crippen LogP contribution >= 0.6 is 0 Å². The van der Waals surface area contributed by atoms with Crippen LogP contribution in [0.1, 0.15) is 12.8 Å². The molecular weight excluding hydrogens is 290 g/mol.